The Morgan fingerprint density at radius 2 is 1.58 bits per heavy atom. The van der Waals surface area contributed by atoms with Gasteiger partial charge < -0.3 is 24.1 Å². The molecule has 1 N–H and O–H groups in total. The molecule has 0 bridgehead atoms. The largest absolute Gasteiger partial charge is 0.496 e. The summed E-state index contributed by atoms with van der Waals surface area (Å²) in [5.41, 5.74) is 3.11. The summed E-state index contributed by atoms with van der Waals surface area (Å²) in [6.07, 6.45) is -2.56. The number of amides is 2. The van der Waals surface area contributed by atoms with Crippen molar-refractivity contribution in [2.45, 2.75) is 38.0 Å². The van der Waals surface area contributed by atoms with Gasteiger partial charge in [0, 0.05) is 5.56 Å². The maximum atomic E-state index is 13.9. The fourth-order valence-electron chi connectivity index (χ4n) is 4.60. The van der Waals surface area contributed by atoms with Crippen LogP contribution in [-0.4, -0.2) is 61.6 Å². The second-order valence-electron chi connectivity index (χ2n) is 9.15. The third-order valence-electron chi connectivity index (χ3n) is 6.69. The van der Waals surface area contributed by atoms with Crippen LogP contribution in [0.4, 0.5) is 4.79 Å². The van der Waals surface area contributed by atoms with Crippen molar-refractivity contribution in [3.05, 3.63) is 95.1 Å². The fraction of sp³-hybridized carbons (Fsp3) is 0.333. The zero-order valence-electron chi connectivity index (χ0n) is 21.8. The van der Waals surface area contributed by atoms with Crippen LogP contribution < -0.4 is 9.47 Å². The van der Waals surface area contributed by atoms with E-state index in [-0.39, 0.29) is 13.2 Å². The lowest BCUT2D eigenvalue weighted by molar-refractivity contribution is -0.150. The third kappa shape index (κ3) is 6.15. The number of cyclic esters (lactones) is 1. The second kappa shape index (κ2) is 12.6. The molecule has 4 rings (SSSR count). The van der Waals surface area contributed by atoms with Gasteiger partial charge in [0.05, 0.1) is 26.9 Å². The first-order chi connectivity index (χ1) is 18.4. The van der Waals surface area contributed by atoms with Crippen molar-refractivity contribution >= 4 is 12.0 Å². The summed E-state index contributed by atoms with van der Waals surface area (Å²) in [6.45, 7) is 2.06. The van der Waals surface area contributed by atoms with Gasteiger partial charge in [-0.05, 0) is 48.6 Å². The van der Waals surface area contributed by atoms with Crippen LogP contribution in [0.1, 0.15) is 28.4 Å². The summed E-state index contributed by atoms with van der Waals surface area (Å²) in [7, 11) is 3.04. The highest BCUT2D eigenvalue weighted by atomic mass is 16.6. The Morgan fingerprint density at radius 1 is 1.00 bits per heavy atom. The SMILES string of the molecule is COc1cc([C@@H](O)[C@@H](OCCc2ccccc2)C(=O)N2C(=O)OCC2Cc2ccccc2)cc(OC)c1C. The highest BCUT2D eigenvalue weighted by molar-refractivity contribution is 5.96. The minimum absolute atomic E-state index is 0.0679. The third-order valence-corrected chi connectivity index (χ3v) is 6.69. The minimum Gasteiger partial charge on any atom is -0.496 e. The van der Waals surface area contributed by atoms with Crippen molar-refractivity contribution < 1.29 is 33.6 Å². The van der Waals surface area contributed by atoms with Crippen molar-refractivity contribution in [2.24, 2.45) is 0 Å². The summed E-state index contributed by atoms with van der Waals surface area (Å²) in [4.78, 5) is 27.7. The molecule has 8 nitrogen and oxygen atoms in total. The number of hydrogen-bond donors (Lipinski definition) is 1. The molecule has 3 aromatic rings. The van der Waals surface area contributed by atoms with E-state index < -0.39 is 30.3 Å². The molecule has 1 heterocycles. The number of carbonyl (C=O) groups is 2. The lowest BCUT2D eigenvalue weighted by Crippen LogP contribution is -2.48. The van der Waals surface area contributed by atoms with E-state index in [1.807, 2.05) is 67.6 Å². The molecule has 2 amide bonds. The van der Waals surface area contributed by atoms with Crippen molar-refractivity contribution in [3.63, 3.8) is 0 Å². The van der Waals surface area contributed by atoms with Gasteiger partial charge in [-0.1, -0.05) is 60.7 Å². The molecule has 38 heavy (non-hydrogen) atoms. The van der Waals surface area contributed by atoms with Crippen molar-refractivity contribution in [2.75, 3.05) is 27.4 Å². The van der Waals surface area contributed by atoms with E-state index in [2.05, 4.69) is 0 Å². The number of rotatable bonds is 11. The number of imide groups is 1. The van der Waals surface area contributed by atoms with Crippen LogP contribution in [-0.2, 0) is 27.1 Å². The summed E-state index contributed by atoms with van der Waals surface area (Å²) in [5.74, 6) is 0.334. The molecule has 1 unspecified atom stereocenters. The van der Waals surface area contributed by atoms with Gasteiger partial charge in [-0.3, -0.25) is 4.79 Å². The summed E-state index contributed by atoms with van der Waals surface area (Å²) >= 11 is 0. The summed E-state index contributed by atoms with van der Waals surface area (Å²) in [5, 5.41) is 11.5. The molecular weight excluding hydrogens is 486 g/mol. The highest BCUT2D eigenvalue weighted by Crippen LogP contribution is 2.34. The molecule has 1 aliphatic heterocycles. The maximum Gasteiger partial charge on any atom is 0.417 e. The van der Waals surface area contributed by atoms with Gasteiger partial charge in [0.25, 0.3) is 5.91 Å². The summed E-state index contributed by atoms with van der Waals surface area (Å²) in [6, 6.07) is 22.0. The number of methoxy groups -OCH3 is 2. The van der Waals surface area contributed by atoms with E-state index in [1.54, 1.807) is 12.1 Å². The maximum absolute atomic E-state index is 13.9. The fourth-order valence-corrected chi connectivity index (χ4v) is 4.60. The molecule has 0 radical (unpaired) electrons. The summed E-state index contributed by atoms with van der Waals surface area (Å²) < 4.78 is 22.2. The smallest absolute Gasteiger partial charge is 0.417 e. The first kappa shape index (κ1) is 27.2. The van der Waals surface area contributed by atoms with E-state index in [9.17, 15) is 14.7 Å². The van der Waals surface area contributed by atoms with Crippen LogP contribution >= 0.6 is 0 Å². The molecule has 3 aromatic carbocycles. The zero-order chi connectivity index (χ0) is 27.1. The lowest BCUT2D eigenvalue weighted by atomic mass is 9.99. The van der Waals surface area contributed by atoms with Crippen LogP contribution in [0.25, 0.3) is 0 Å². The molecule has 0 saturated carbocycles. The predicted octanol–water partition coefficient (Wildman–Crippen LogP) is 4.26. The number of nitrogens with zero attached hydrogens (tertiary/aromatic N) is 1. The minimum atomic E-state index is -1.40. The Kier molecular flexibility index (Phi) is 8.99. The van der Waals surface area contributed by atoms with Gasteiger partial charge in [-0.25, -0.2) is 9.69 Å². The number of aliphatic hydroxyl groups excluding tert-OH is 1. The molecular formula is C30H33NO7. The first-order valence-electron chi connectivity index (χ1n) is 12.5. The molecule has 1 fully saturated rings. The van der Waals surface area contributed by atoms with Gasteiger partial charge >= 0.3 is 6.09 Å². The van der Waals surface area contributed by atoms with Gasteiger partial charge in [0.2, 0.25) is 0 Å². The molecule has 0 spiro atoms. The number of ether oxygens (including phenoxy) is 4. The average Bonchev–Trinajstić information content (AvgIpc) is 3.31. The van der Waals surface area contributed by atoms with E-state index >= 15 is 0 Å². The van der Waals surface area contributed by atoms with E-state index in [1.165, 1.54) is 14.2 Å². The second-order valence-corrected chi connectivity index (χ2v) is 9.15. The Bertz CT molecular complexity index is 1210. The van der Waals surface area contributed by atoms with Crippen LogP contribution in [0.5, 0.6) is 11.5 Å². The number of carbonyl (C=O) groups excluding carboxylic acids is 2. The zero-order valence-corrected chi connectivity index (χ0v) is 21.8. The van der Waals surface area contributed by atoms with E-state index in [4.69, 9.17) is 18.9 Å². The molecule has 1 saturated heterocycles. The van der Waals surface area contributed by atoms with Crippen molar-refractivity contribution in [1.82, 2.24) is 4.90 Å². The predicted molar refractivity (Wildman–Crippen MR) is 141 cm³/mol. The number of aliphatic hydroxyl groups is 1. The number of benzene rings is 3. The Morgan fingerprint density at radius 3 is 2.16 bits per heavy atom. The van der Waals surface area contributed by atoms with E-state index in [0.29, 0.717) is 29.9 Å². The average molecular weight is 520 g/mol. The monoisotopic (exact) mass is 519 g/mol. The topological polar surface area (TPSA) is 94.5 Å². The van der Waals surface area contributed by atoms with Gasteiger partial charge in [-0.15, -0.1) is 0 Å². The molecule has 200 valence electrons. The molecule has 3 atom stereocenters. The standard InChI is InChI=1S/C30H33NO7/c1-20-25(35-2)17-23(18-26(20)36-3)27(32)28(37-15-14-21-10-6-4-7-11-21)29(33)31-24(19-38-30(31)34)16-22-12-8-5-9-13-22/h4-13,17-18,24,27-28,32H,14-16,19H2,1-3H3/t24?,27-,28-/m1/s1. The number of hydrogen-bond acceptors (Lipinski definition) is 7. The Labute approximate surface area is 222 Å². The lowest BCUT2D eigenvalue weighted by Gasteiger charge is -2.28. The normalized spacial score (nSPS) is 16.6. The van der Waals surface area contributed by atoms with Crippen molar-refractivity contribution in [1.29, 1.82) is 0 Å². The molecule has 8 heteroatoms. The van der Waals surface area contributed by atoms with Crippen LogP contribution in [0.15, 0.2) is 72.8 Å². The van der Waals surface area contributed by atoms with Crippen molar-refractivity contribution in [3.8, 4) is 11.5 Å². The first-order valence-corrected chi connectivity index (χ1v) is 12.5. The van der Waals surface area contributed by atoms with Crippen LogP contribution in [0, 0.1) is 6.92 Å². The quantitative estimate of drug-likeness (QED) is 0.404. The molecule has 0 aromatic heterocycles. The Balaban J connectivity index is 1.62. The van der Waals surface area contributed by atoms with Gasteiger partial charge in [0.15, 0.2) is 6.10 Å². The van der Waals surface area contributed by atoms with Gasteiger partial charge in [0.1, 0.15) is 24.2 Å². The van der Waals surface area contributed by atoms with Crippen LogP contribution in [0.2, 0.25) is 0 Å². The van der Waals surface area contributed by atoms with Gasteiger partial charge in [-0.2, -0.15) is 0 Å². The molecule has 1 aliphatic rings. The van der Waals surface area contributed by atoms with Crippen LogP contribution in [0.3, 0.4) is 0 Å². The van der Waals surface area contributed by atoms with E-state index in [0.717, 1.165) is 21.6 Å². The highest BCUT2D eigenvalue weighted by Gasteiger charge is 2.44. The Hall–Kier alpha value is -3.88. The molecule has 0 aliphatic carbocycles.